The minimum Gasteiger partial charge on any atom is -0.341 e. The highest BCUT2D eigenvalue weighted by Gasteiger charge is 2.34. The first-order valence-electron chi connectivity index (χ1n) is 9.26. The van der Waals surface area contributed by atoms with Crippen molar-refractivity contribution in [2.24, 2.45) is 5.92 Å². The Morgan fingerprint density at radius 1 is 0.913 bits per heavy atom. The van der Waals surface area contributed by atoms with Crippen LogP contribution in [-0.2, 0) is 14.6 Å². The highest BCUT2D eigenvalue weighted by molar-refractivity contribution is 7.92. The smallest absolute Gasteiger partial charge is 0.237 e. The number of nitrogens with zero attached hydrogens (tertiary/aromatic N) is 2. The molecule has 3 aliphatic rings. The molecule has 0 aromatic rings. The zero-order chi connectivity index (χ0) is 16.3. The van der Waals surface area contributed by atoms with Gasteiger partial charge >= 0.3 is 0 Å². The fourth-order valence-electron chi connectivity index (χ4n) is 4.34. The summed E-state index contributed by atoms with van der Waals surface area (Å²) in [6, 6.07) is 0. The Morgan fingerprint density at radius 3 is 2.30 bits per heavy atom. The lowest BCUT2D eigenvalue weighted by atomic mass is 10.1. The minimum absolute atomic E-state index is 0.168. The lowest BCUT2D eigenvalue weighted by Gasteiger charge is -2.29. The van der Waals surface area contributed by atoms with Crippen molar-refractivity contribution in [3.8, 4) is 0 Å². The number of carbonyl (C=O) groups is 1. The Hall–Kier alpha value is -0.620. The maximum absolute atomic E-state index is 12.4. The number of piperidine rings is 1. The molecule has 0 aromatic carbocycles. The Bertz CT molecular complexity index is 508. The third kappa shape index (κ3) is 4.47. The van der Waals surface area contributed by atoms with E-state index in [1.165, 1.54) is 32.4 Å². The van der Waals surface area contributed by atoms with Crippen LogP contribution in [0.2, 0.25) is 0 Å². The molecule has 2 saturated heterocycles. The molecule has 1 saturated carbocycles. The van der Waals surface area contributed by atoms with Gasteiger partial charge in [0.2, 0.25) is 5.91 Å². The van der Waals surface area contributed by atoms with Gasteiger partial charge in [0.05, 0.1) is 5.25 Å². The third-order valence-electron chi connectivity index (χ3n) is 5.74. The summed E-state index contributed by atoms with van der Waals surface area (Å²) < 4.78 is 24.7. The predicted molar refractivity (Wildman–Crippen MR) is 91.0 cm³/mol. The lowest BCUT2D eigenvalue weighted by Crippen LogP contribution is -2.38. The normalized spacial score (nSPS) is 27.7. The first-order valence-corrected chi connectivity index (χ1v) is 11.0. The van der Waals surface area contributed by atoms with Gasteiger partial charge in [0, 0.05) is 19.6 Å². The predicted octanol–water partition coefficient (Wildman–Crippen LogP) is 1.68. The molecule has 1 aliphatic carbocycles. The molecule has 2 aliphatic heterocycles. The van der Waals surface area contributed by atoms with E-state index < -0.39 is 9.84 Å². The van der Waals surface area contributed by atoms with Crippen LogP contribution in [0, 0.1) is 5.92 Å². The van der Waals surface area contributed by atoms with E-state index in [4.69, 9.17) is 0 Å². The first-order chi connectivity index (χ1) is 11.0. The van der Waals surface area contributed by atoms with E-state index in [-0.39, 0.29) is 16.9 Å². The summed E-state index contributed by atoms with van der Waals surface area (Å²) >= 11 is 0. The van der Waals surface area contributed by atoms with Crippen molar-refractivity contribution in [1.29, 1.82) is 0 Å². The molecule has 23 heavy (non-hydrogen) atoms. The van der Waals surface area contributed by atoms with Crippen molar-refractivity contribution in [3.63, 3.8) is 0 Å². The Morgan fingerprint density at radius 2 is 1.61 bits per heavy atom. The van der Waals surface area contributed by atoms with Crippen LogP contribution in [0.25, 0.3) is 0 Å². The van der Waals surface area contributed by atoms with E-state index in [0.29, 0.717) is 5.92 Å². The third-order valence-corrected chi connectivity index (χ3v) is 7.87. The molecular formula is C17H30N2O3S. The fourth-order valence-corrected chi connectivity index (χ4v) is 6.16. The topological polar surface area (TPSA) is 57.7 Å². The molecule has 5 nitrogen and oxygen atoms in total. The molecule has 3 rings (SSSR count). The van der Waals surface area contributed by atoms with E-state index in [1.54, 1.807) is 4.90 Å². The summed E-state index contributed by atoms with van der Waals surface area (Å²) in [5.74, 6) is 0.0814. The Kier molecular flexibility index (Phi) is 5.62. The van der Waals surface area contributed by atoms with Gasteiger partial charge in [0.15, 0.2) is 9.84 Å². The van der Waals surface area contributed by atoms with Gasteiger partial charge in [-0.15, -0.1) is 0 Å². The van der Waals surface area contributed by atoms with Crippen LogP contribution in [0.1, 0.15) is 51.4 Å². The van der Waals surface area contributed by atoms with E-state index >= 15 is 0 Å². The molecule has 132 valence electrons. The van der Waals surface area contributed by atoms with Crippen LogP contribution in [0.15, 0.2) is 0 Å². The van der Waals surface area contributed by atoms with Gasteiger partial charge in [-0.3, -0.25) is 4.79 Å². The van der Waals surface area contributed by atoms with Crippen molar-refractivity contribution in [2.75, 3.05) is 38.5 Å². The second-order valence-electron chi connectivity index (χ2n) is 7.57. The largest absolute Gasteiger partial charge is 0.341 e. The SMILES string of the molecule is O=C(CS(=O)(=O)C1CCCC1)N1CCC(CN2CCCCC2)C1. The average Bonchev–Trinajstić information content (AvgIpc) is 3.19. The van der Waals surface area contributed by atoms with Gasteiger partial charge in [-0.2, -0.15) is 0 Å². The van der Waals surface area contributed by atoms with E-state index in [9.17, 15) is 13.2 Å². The summed E-state index contributed by atoms with van der Waals surface area (Å²) in [7, 11) is -3.24. The molecule has 2 heterocycles. The molecule has 1 amide bonds. The molecule has 0 bridgehead atoms. The van der Waals surface area contributed by atoms with Crippen LogP contribution in [-0.4, -0.2) is 67.9 Å². The highest BCUT2D eigenvalue weighted by atomic mass is 32.2. The van der Waals surface area contributed by atoms with E-state index in [1.807, 2.05) is 0 Å². The molecule has 1 atom stereocenters. The van der Waals surface area contributed by atoms with E-state index in [2.05, 4.69) is 4.90 Å². The van der Waals surface area contributed by atoms with Crippen molar-refractivity contribution >= 4 is 15.7 Å². The van der Waals surface area contributed by atoms with Crippen LogP contribution in [0.3, 0.4) is 0 Å². The van der Waals surface area contributed by atoms with Gasteiger partial charge in [-0.25, -0.2) is 8.42 Å². The summed E-state index contributed by atoms with van der Waals surface area (Å²) in [4.78, 5) is 16.7. The number of carbonyl (C=O) groups excluding carboxylic acids is 1. The Balaban J connectivity index is 1.47. The molecule has 0 spiro atoms. The zero-order valence-corrected chi connectivity index (χ0v) is 14.9. The minimum atomic E-state index is -3.24. The monoisotopic (exact) mass is 342 g/mol. The van der Waals surface area contributed by atoms with E-state index in [0.717, 1.165) is 51.7 Å². The Labute approximate surface area is 140 Å². The zero-order valence-electron chi connectivity index (χ0n) is 14.1. The molecule has 0 aromatic heterocycles. The van der Waals surface area contributed by atoms with Crippen LogP contribution >= 0.6 is 0 Å². The summed E-state index contributed by atoms with van der Waals surface area (Å²) in [5, 5.41) is -0.266. The lowest BCUT2D eigenvalue weighted by molar-refractivity contribution is -0.127. The second kappa shape index (κ2) is 7.51. The molecule has 0 N–H and O–H groups in total. The highest BCUT2D eigenvalue weighted by Crippen LogP contribution is 2.26. The molecule has 0 radical (unpaired) electrons. The van der Waals surface area contributed by atoms with Gasteiger partial charge in [-0.05, 0) is 51.1 Å². The first kappa shape index (κ1) is 17.2. The number of sulfone groups is 1. The van der Waals surface area contributed by atoms with Gasteiger partial charge in [0.1, 0.15) is 5.75 Å². The summed E-state index contributed by atoms with van der Waals surface area (Å²) in [6.07, 6.45) is 8.39. The molecule has 6 heteroatoms. The number of hydrogen-bond donors (Lipinski definition) is 0. The van der Waals surface area contributed by atoms with Gasteiger partial charge in [-0.1, -0.05) is 19.3 Å². The van der Waals surface area contributed by atoms with Crippen LogP contribution in [0.5, 0.6) is 0 Å². The average molecular weight is 343 g/mol. The summed E-state index contributed by atoms with van der Waals surface area (Å²) in [5.41, 5.74) is 0. The number of likely N-dealkylation sites (tertiary alicyclic amines) is 2. The van der Waals surface area contributed by atoms with Crippen molar-refractivity contribution in [2.45, 2.75) is 56.6 Å². The van der Waals surface area contributed by atoms with Crippen LogP contribution < -0.4 is 0 Å². The number of hydrogen-bond acceptors (Lipinski definition) is 4. The number of rotatable bonds is 5. The molecular weight excluding hydrogens is 312 g/mol. The van der Waals surface area contributed by atoms with Crippen molar-refractivity contribution in [1.82, 2.24) is 9.80 Å². The quantitative estimate of drug-likeness (QED) is 0.763. The van der Waals surface area contributed by atoms with Crippen molar-refractivity contribution < 1.29 is 13.2 Å². The fraction of sp³-hybridized carbons (Fsp3) is 0.941. The summed E-state index contributed by atoms with van der Waals surface area (Å²) in [6.45, 7) is 4.91. The molecule has 3 fully saturated rings. The molecule has 1 unspecified atom stereocenters. The standard InChI is InChI=1S/C17H30N2O3S/c20-17(14-23(21,22)16-6-2-3-7-16)19-11-8-15(13-19)12-18-9-4-1-5-10-18/h15-16H,1-14H2. The van der Waals surface area contributed by atoms with Crippen molar-refractivity contribution in [3.05, 3.63) is 0 Å². The number of amides is 1. The maximum atomic E-state index is 12.4. The van der Waals surface area contributed by atoms with Gasteiger partial charge in [0.25, 0.3) is 0 Å². The van der Waals surface area contributed by atoms with Gasteiger partial charge < -0.3 is 9.80 Å². The maximum Gasteiger partial charge on any atom is 0.237 e. The van der Waals surface area contributed by atoms with Crippen LogP contribution in [0.4, 0.5) is 0 Å². The second-order valence-corrected chi connectivity index (χ2v) is 9.85.